The lowest BCUT2D eigenvalue weighted by atomic mass is 9.94. The molecule has 7 heteroatoms. The van der Waals surface area contributed by atoms with E-state index >= 15 is 0 Å². The minimum atomic E-state index is -3.73. The van der Waals surface area contributed by atoms with E-state index in [9.17, 15) is 13.2 Å². The summed E-state index contributed by atoms with van der Waals surface area (Å²) in [6, 6.07) is 4.60. The normalized spacial score (nSPS) is 21.0. The van der Waals surface area contributed by atoms with Gasteiger partial charge >= 0.3 is 0 Å². The van der Waals surface area contributed by atoms with Crippen LogP contribution in [0.3, 0.4) is 0 Å². The summed E-state index contributed by atoms with van der Waals surface area (Å²) in [6.07, 6.45) is 4.05. The van der Waals surface area contributed by atoms with Gasteiger partial charge in [0.25, 0.3) is 5.91 Å². The van der Waals surface area contributed by atoms with Crippen molar-refractivity contribution in [1.82, 2.24) is 9.62 Å². The molecule has 0 saturated carbocycles. The Morgan fingerprint density at radius 2 is 1.89 bits per heavy atom. The number of amides is 1. The van der Waals surface area contributed by atoms with Gasteiger partial charge in [-0.1, -0.05) is 33.6 Å². The standard InChI is InChI=1S/C20H32N2O4S/c1-5-6-7-10-21-20(23)17-8-9-18(26-4)19(12-17)27(24,25)22-13-15(2)11-16(3)14-22/h8-9,12,15-16H,5-7,10-11,13-14H2,1-4H3,(H,21,23). The van der Waals surface area contributed by atoms with Crippen LogP contribution in [-0.2, 0) is 10.0 Å². The van der Waals surface area contributed by atoms with Crippen molar-refractivity contribution in [3.05, 3.63) is 23.8 Å². The van der Waals surface area contributed by atoms with Crippen LogP contribution in [0.25, 0.3) is 0 Å². The topological polar surface area (TPSA) is 75.7 Å². The number of carbonyl (C=O) groups is 1. The fourth-order valence-corrected chi connectivity index (χ4v) is 5.50. The number of hydrogen-bond donors (Lipinski definition) is 1. The Hall–Kier alpha value is -1.60. The van der Waals surface area contributed by atoms with Gasteiger partial charge in [-0.15, -0.1) is 0 Å². The zero-order chi connectivity index (χ0) is 20.0. The second kappa shape index (κ2) is 9.55. The van der Waals surface area contributed by atoms with Crippen LogP contribution in [0.15, 0.2) is 23.1 Å². The first-order valence-electron chi connectivity index (χ1n) is 9.76. The Labute approximate surface area is 163 Å². The summed E-state index contributed by atoms with van der Waals surface area (Å²) in [5.41, 5.74) is 0.337. The minimum absolute atomic E-state index is 0.0625. The molecule has 1 heterocycles. The number of unbranched alkanes of at least 4 members (excludes halogenated alkanes) is 2. The van der Waals surface area contributed by atoms with Gasteiger partial charge in [0.1, 0.15) is 10.6 Å². The average molecular weight is 397 g/mol. The molecule has 1 aliphatic rings. The van der Waals surface area contributed by atoms with E-state index < -0.39 is 10.0 Å². The zero-order valence-corrected chi connectivity index (χ0v) is 17.6. The van der Waals surface area contributed by atoms with Gasteiger partial charge in [-0.05, 0) is 42.9 Å². The maximum Gasteiger partial charge on any atom is 0.251 e. The lowest BCUT2D eigenvalue weighted by molar-refractivity contribution is 0.0952. The molecule has 1 aliphatic heterocycles. The van der Waals surface area contributed by atoms with E-state index in [0.717, 1.165) is 25.7 Å². The molecule has 1 aromatic rings. The molecule has 2 unspecified atom stereocenters. The fraction of sp³-hybridized carbons (Fsp3) is 0.650. The lowest BCUT2D eigenvalue weighted by Gasteiger charge is -2.34. The number of nitrogens with one attached hydrogen (secondary N) is 1. The molecule has 1 saturated heterocycles. The highest BCUT2D eigenvalue weighted by Gasteiger charge is 2.34. The summed E-state index contributed by atoms with van der Waals surface area (Å²) in [5.74, 6) is 0.619. The van der Waals surface area contributed by atoms with Gasteiger partial charge < -0.3 is 10.1 Å². The first-order valence-corrected chi connectivity index (χ1v) is 11.2. The largest absolute Gasteiger partial charge is 0.495 e. The summed E-state index contributed by atoms with van der Waals surface area (Å²) in [7, 11) is -2.28. The Morgan fingerprint density at radius 1 is 1.22 bits per heavy atom. The van der Waals surface area contributed by atoms with Gasteiger partial charge in [0.05, 0.1) is 7.11 Å². The molecule has 0 bridgehead atoms. The highest BCUT2D eigenvalue weighted by atomic mass is 32.2. The molecule has 152 valence electrons. The van der Waals surface area contributed by atoms with Crippen LogP contribution in [0.1, 0.15) is 56.8 Å². The van der Waals surface area contributed by atoms with Crippen LogP contribution >= 0.6 is 0 Å². The molecule has 1 amide bonds. The Balaban J connectivity index is 2.27. The smallest absolute Gasteiger partial charge is 0.251 e. The molecule has 1 N–H and O–H groups in total. The maximum atomic E-state index is 13.2. The van der Waals surface area contributed by atoms with Crippen LogP contribution in [-0.4, -0.2) is 45.4 Å². The summed E-state index contributed by atoms with van der Waals surface area (Å²) in [4.78, 5) is 12.5. The number of hydrogen-bond acceptors (Lipinski definition) is 4. The number of benzene rings is 1. The predicted molar refractivity (Wildman–Crippen MR) is 107 cm³/mol. The van der Waals surface area contributed by atoms with Crippen molar-refractivity contribution in [3.63, 3.8) is 0 Å². The molecule has 0 radical (unpaired) electrons. The molecule has 1 aromatic carbocycles. The van der Waals surface area contributed by atoms with Gasteiger partial charge in [0.2, 0.25) is 10.0 Å². The summed E-state index contributed by atoms with van der Waals surface area (Å²) >= 11 is 0. The van der Waals surface area contributed by atoms with Gasteiger partial charge in [0, 0.05) is 25.2 Å². The molecular formula is C20H32N2O4S. The molecule has 0 spiro atoms. The molecule has 2 rings (SSSR count). The van der Waals surface area contributed by atoms with Crippen LogP contribution in [0.2, 0.25) is 0 Å². The van der Waals surface area contributed by atoms with E-state index in [1.165, 1.54) is 17.5 Å². The predicted octanol–water partition coefficient (Wildman–Crippen LogP) is 3.28. The van der Waals surface area contributed by atoms with E-state index in [4.69, 9.17) is 4.74 Å². The highest BCUT2D eigenvalue weighted by Crippen LogP contribution is 2.32. The lowest BCUT2D eigenvalue weighted by Crippen LogP contribution is -2.42. The summed E-state index contributed by atoms with van der Waals surface area (Å²) in [6.45, 7) is 7.80. The van der Waals surface area contributed by atoms with E-state index in [-0.39, 0.29) is 16.6 Å². The van der Waals surface area contributed by atoms with Crippen molar-refractivity contribution < 1.29 is 17.9 Å². The highest BCUT2D eigenvalue weighted by molar-refractivity contribution is 7.89. The van der Waals surface area contributed by atoms with E-state index in [2.05, 4.69) is 26.1 Å². The van der Waals surface area contributed by atoms with Gasteiger partial charge in [-0.2, -0.15) is 4.31 Å². The zero-order valence-electron chi connectivity index (χ0n) is 16.8. The third kappa shape index (κ3) is 5.45. The maximum absolute atomic E-state index is 13.2. The molecule has 0 aromatic heterocycles. The molecule has 6 nitrogen and oxygen atoms in total. The Morgan fingerprint density at radius 3 is 2.48 bits per heavy atom. The number of ether oxygens (including phenoxy) is 1. The minimum Gasteiger partial charge on any atom is -0.495 e. The van der Waals surface area contributed by atoms with Crippen molar-refractivity contribution in [3.8, 4) is 5.75 Å². The number of sulfonamides is 1. The Kier molecular flexibility index (Phi) is 7.68. The quantitative estimate of drug-likeness (QED) is 0.684. The molecule has 0 aliphatic carbocycles. The second-order valence-electron chi connectivity index (χ2n) is 7.60. The summed E-state index contributed by atoms with van der Waals surface area (Å²) < 4.78 is 33.3. The average Bonchev–Trinajstić information content (AvgIpc) is 2.63. The number of piperidine rings is 1. The third-order valence-electron chi connectivity index (χ3n) is 4.94. The monoisotopic (exact) mass is 396 g/mol. The number of methoxy groups -OCH3 is 1. The molecular weight excluding hydrogens is 364 g/mol. The number of nitrogens with zero attached hydrogens (tertiary/aromatic N) is 1. The van der Waals surface area contributed by atoms with Crippen LogP contribution in [0.4, 0.5) is 0 Å². The third-order valence-corrected chi connectivity index (χ3v) is 6.80. The van der Waals surface area contributed by atoms with Crippen molar-refractivity contribution in [2.45, 2.75) is 51.3 Å². The van der Waals surface area contributed by atoms with E-state index in [0.29, 0.717) is 37.0 Å². The molecule has 27 heavy (non-hydrogen) atoms. The van der Waals surface area contributed by atoms with Crippen LogP contribution in [0.5, 0.6) is 5.75 Å². The fourth-order valence-electron chi connectivity index (χ4n) is 3.64. The van der Waals surface area contributed by atoms with Crippen molar-refractivity contribution in [1.29, 1.82) is 0 Å². The van der Waals surface area contributed by atoms with Crippen molar-refractivity contribution in [2.24, 2.45) is 11.8 Å². The van der Waals surface area contributed by atoms with E-state index in [1.807, 2.05) is 0 Å². The number of rotatable bonds is 8. The van der Waals surface area contributed by atoms with E-state index in [1.54, 1.807) is 12.1 Å². The van der Waals surface area contributed by atoms with Gasteiger partial charge in [-0.3, -0.25) is 4.79 Å². The van der Waals surface area contributed by atoms with Crippen LogP contribution in [0, 0.1) is 11.8 Å². The second-order valence-corrected chi connectivity index (χ2v) is 9.50. The first kappa shape index (κ1) is 21.7. The Bertz CT molecular complexity index is 738. The van der Waals surface area contributed by atoms with Gasteiger partial charge in [-0.25, -0.2) is 8.42 Å². The number of carbonyl (C=O) groups excluding carboxylic acids is 1. The SMILES string of the molecule is CCCCCNC(=O)c1ccc(OC)c(S(=O)(=O)N2CC(C)CC(C)C2)c1. The molecule has 1 fully saturated rings. The summed E-state index contributed by atoms with van der Waals surface area (Å²) in [5, 5.41) is 2.86. The molecule has 2 atom stereocenters. The van der Waals surface area contributed by atoms with Crippen molar-refractivity contribution >= 4 is 15.9 Å². The van der Waals surface area contributed by atoms with Gasteiger partial charge in [0.15, 0.2) is 0 Å². The van der Waals surface area contributed by atoms with Crippen LogP contribution < -0.4 is 10.1 Å². The van der Waals surface area contributed by atoms with Crippen molar-refractivity contribution in [2.75, 3.05) is 26.7 Å². The first-order chi connectivity index (χ1) is 12.8.